The zero-order valence-corrected chi connectivity index (χ0v) is 18.5. The fourth-order valence-corrected chi connectivity index (χ4v) is 4.01. The van der Waals surface area contributed by atoms with Crippen LogP contribution in [0, 0.1) is 0 Å². The minimum atomic E-state index is -0.617. The molecule has 0 spiro atoms. The molecule has 4 rings (SSSR count). The minimum absolute atomic E-state index is 0.243. The number of ether oxygens (including phenoxy) is 1. The quantitative estimate of drug-likeness (QED) is 0.642. The second kappa shape index (κ2) is 9.97. The topological polar surface area (TPSA) is 99.7 Å². The van der Waals surface area contributed by atoms with E-state index < -0.39 is 12.0 Å². The van der Waals surface area contributed by atoms with Crippen molar-refractivity contribution in [1.29, 1.82) is 0 Å². The van der Waals surface area contributed by atoms with Gasteiger partial charge in [-0.05, 0) is 30.7 Å². The summed E-state index contributed by atoms with van der Waals surface area (Å²) in [4.78, 5) is 38.3. The molecule has 0 unspecified atom stereocenters. The Morgan fingerprint density at radius 2 is 1.84 bits per heavy atom. The molecule has 1 atom stereocenters. The van der Waals surface area contributed by atoms with Crippen molar-refractivity contribution in [2.75, 3.05) is 44.2 Å². The van der Waals surface area contributed by atoms with Crippen LogP contribution in [0.4, 0.5) is 10.7 Å². The summed E-state index contributed by atoms with van der Waals surface area (Å²) in [6.45, 7) is 5.41. The van der Waals surface area contributed by atoms with E-state index in [4.69, 9.17) is 16.3 Å². The Labute approximate surface area is 191 Å². The molecule has 1 aromatic heterocycles. The number of urea groups is 1. The number of aromatic nitrogens is 2. The van der Waals surface area contributed by atoms with Gasteiger partial charge in [0.1, 0.15) is 0 Å². The van der Waals surface area contributed by atoms with Gasteiger partial charge in [0.05, 0.1) is 18.2 Å². The van der Waals surface area contributed by atoms with Crippen molar-refractivity contribution >= 4 is 29.5 Å². The number of piperazine rings is 1. The van der Waals surface area contributed by atoms with Gasteiger partial charge < -0.3 is 20.3 Å². The minimum Gasteiger partial charge on any atom is -0.463 e. The van der Waals surface area contributed by atoms with Crippen LogP contribution in [0.5, 0.6) is 0 Å². The normalized spacial score (nSPS) is 19.4. The number of carbonyl (C=O) groups excluding carboxylic acids is 2. The monoisotopic (exact) mass is 456 g/mol. The first-order chi connectivity index (χ1) is 15.5. The van der Waals surface area contributed by atoms with Gasteiger partial charge in [-0.2, -0.15) is 0 Å². The fourth-order valence-electron chi connectivity index (χ4n) is 3.88. The number of hydrogen-bond acceptors (Lipinski definition) is 7. The second-order valence-corrected chi connectivity index (χ2v) is 7.94. The highest BCUT2D eigenvalue weighted by Crippen LogP contribution is 2.29. The van der Waals surface area contributed by atoms with Crippen LogP contribution in [0.25, 0.3) is 0 Å². The molecule has 10 heteroatoms. The molecule has 0 aliphatic carbocycles. The van der Waals surface area contributed by atoms with E-state index in [0.717, 1.165) is 31.7 Å². The maximum absolute atomic E-state index is 12.9. The number of hydrogen-bond donors (Lipinski definition) is 2. The zero-order valence-electron chi connectivity index (χ0n) is 17.8. The van der Waals surface area contributed by atoms with Gasteiger partial charge >= 0.3 is 12.0 Å². The molecule has 168 valence electrons. The summed E-state index contributed by atoms with van der Waals surface area (Å²) in [5, 5.41) is 6.25. The summed E-state index contributed by atoms with van der Waals surface area (Å²) < 4.78 is 5.33. The Balaban J connectivity index is 1.56. The summed E-state index contributed by atoms with van der Waals surface area (Å²) in [6.07, 6.45) is 3.46. The standard InChI is InChI=1S/C22H25ClN6O3/c1-2-32-20(30)18-17(26-22(31)27-19(18)15-4-6-16(23)7-5-15)14-28-10-12-29(13-11-28)21-24-8-3-9-25-21/h3-9,19H,2,10-14H2,1H3,(H2,26,27,31)/t19-/m1/s1. The molecule has 32 heavy (non-hydrogen) atoms. The molecule has 2 aliphatic heterocycles. The summed E-state index contributed by atoms with van der Waals surface area (Å²) >= 11 is 6.02. The van der Waals surface area contributed by atoms with Crippen molar-refractivity contribution < 1.29 is 14.3 Å². The van der Waals surface area contributed by atoms with Gasteiger partial charge in [-0.3, -0.25) is 4.90 Å². The lowest BCUT2D eigenvalue weighted by Gasteiger charge is -2.37. The van der Waals surface area contributed by atoms with E-state index in [9.17, 15) is 9.59 Å². The number of benzene rings is 1. The van der Waals surface area contributed by atoms with Gasteiger partial charge in [0, 0.05) is 55.8 Å². The third kappa shape index (κ3) is 5.00. The number of rotatable bonds is 6. The van der Waals surface area contributed by atoms with Crippen LogP contribution in [-0.2, 0) is 9.53 Å². The van der Waals surface area contributed by atoms with Crippen LogP contribution < -0.4 is 15.5 Å². The Kier molecular flexibility index (Phi) is 6.87. The summed E-state index contributed by atoms with van der Waals surface area (Å²) in [7, 11) is 0. The van der Waals surface area contributed by atoms with Crippen molar-refractivity contribution in [1.82, 2.24) is 25.5 Å². The van der Waals surface area contributed by atoms with Gasteiger partial charge in [-0.15, -0.1) is 0 Å². The summed E-state index contributed by atoms with van der Waals surface area (Å²) in [5.41, 5.74) is 1.72. The van der Waals surface area contributed by atoms with E-state index in [1.54, 1.807) is 49.6 Å². The highest BCUT2D eigenvalue weighted by molar-refractivity contribution is 6.30. The molecule has 0 bridgehead atoms. The SMILES string of the molecule is CCOC(=O)C1=C(CN2CCN(c3ncccn3)CC2)NC(=O)N[C@@H]1c1ccc(Cl)cc1. The summed E-state index contributed by atoms with van der Waals surface area (Å²) in [5.74, 6) is 0.253. The molecule has 1 saturated heterocycles. The van der Waals surface area contributed by atoms with Crippen LogP contribution in [0.15, 0.2) is 54.0 Å². The zero-order chi connectivity index (χ0) is 22.5. The summed E-state index contributed by atoms with van der Waals surface area (Å²) in [6, 6.07) is 7.89. The molecule has 9 nitrogen and oxygen atoms in total. The maximum Gasteiger partial charge on any atom is 0.338 e. The van der Waals surface area contributed by atoms with E-state index >= 15 is 0 Å². The molecule has 2 amide bonds. The molecule has 0 radical (unpaired) electrons. The Bertz CT molecular complexity index is 990. The molecule has 2 aromatic rings. The molecule has 3 heterocycles. The number of esters is 1. The molecular formula is C22H25ClN6O3. The van der Waals surface area contributed by atoms with Gasteiger partial charge in [0.15, 0.2) is 0 Å². The average Bonchev–Trinajstić information content (AvgIpc) is 2.80. The van der Waals surface area contributed by atoms with E-state index in [2.05, 4.69) is 30.4 Å². The number of nitrogens with one attached hydrogen (secondary N) is 2. The molecule has 1 aromatic carbocycles. The first-order valence-electron chi connectivity index (χ1n) is 10.5. The van der Waals surface area contributed by atoms with Crippen LogP contribution in [-0.4, -0.2) is 66.2 Å². The molecule has 2 aliphatic rings. The maximum atomic E-state index is 12.9. The van der Waals surface area contributed by atoms with Crippen LogP contribution in [0.2, 0.25) is 5.02 Å². The number of halogens is 1. The van der Waals surface area contributed by atoms with Gasteiger partial charge in [0.25, 0.3) is 0 Å². The Morgan fingerprint density at radius 1 is 1.16 bits per heavy atom. The lowest BCUT2D eigenvalue weighted by molar-refractivity contribution is -0.139. The van der Waals surface area contributed by atoms with Crippen LogP contribution >= 0.6 is 11.6 Å². The Hall–Kier alpha value is -3.17. The second-order valence-electron chi connectivity index (χ2n) is 7.51. The molecule has 2 N–H and O–H groups in total. The van der Waals surface area contributed by atoms with Crippen molar-refractivity contribution in [2.45, 2.75) is 13.0 Å². The predicted molar refractivity (Wildman–Crippen MR) is 120 cm³/mol. The van der Waals surface area contributed by atoms with Crippen molar-refractivity contribution in [3.05, 3.63) is 64.6 Å². The van der Waals surface area contributed by atoms with Crippen molar-refractivity contribution in [2.24, 2.45) is 0 Å². The largest absolute Gasteiger partial charge is 0.463 e. The highest BCUT2D eigenvalue weighted by Gasteiger charge is 2.34. The van der Waals surface area contributed by atoms with E-state index in [-0.39, 0.29) is 12.6 Å². The van der Waals surface area contributed by atoms with E-state index in [1.807, 2.05) is 0 Å². The molecule has 0 saturated carbocycles. The number of carbonyl (C=O) groups is 2. The van der Waals surface area contributed by atoms with E-state index in [0.29, 0.717) is 28.8 Å². The highest BCUT2D eigenvalue weighted by atomic mass is 35.5. The van der Waals surface area contributed by atoms with Gasteiger partial charge in [-0.25, -0.2) is 19.6 Å². The van der Waals surface area contributed by atoms with Crippen LogP contribution in [0.1, 0.15) is 18.5 Å². The third-order valence-electron chi connectivity index (χ3n) is 5.44. The predicted octanol–water partition coefficient (Wildman–Crippen LogP) is 2.12. The lowest BCUT2D eigenvalue weighted by Crippen LogP contribution is -2.52. The third-order valence-corrected chi connectivity index (χ3v) is 5.69. The Morgan fingerprint density at radius 3 is 2.50 bits per heavy atom. The fraction of sp³-hybridized carbons (Fsp3) is 0.364. The molecule has 1 fully saturated rings. The van der Waals surface area contributed by atoms with Crippen LogP contribution in [0.3, 0.4) is 0 Å². The first kappa shape index (κ1) is 22.0. The van der Waals surface area contributed by atoms with Gasteiger partial charge in [0.2, 0.25) is 5.95 Å². The number of nitrogens with zero attached hydrogens (tertiary/aromatic N) is 4. The smallest absolute Gasteiger partial charge is 0.338 e. The van der Waals surface area contributed by atoms with Crippen molar-refractivity contribution in [3.63, 3.8) is 0 Å². The van der Waals surface area contributed by atoms with Crippen molar-refractivity contribution in [3.8, 4) is 0 Å². The first-order valence-corrected chi connectivity index (χ1v) is 10.9. The molecular weight excluding hydrogens is 432 g/mol. The lowest BCUT2D eigenvalue weighted by atomic mass is 9.95. The number of anilines is 1. The van der Waals surface area contributed by atoms with E-state index in [1.165, 1.54) is 0 Å². The average molecular weight is 457 g/mol. The number of amides is 2. The van der Waals surface area contributed by atoms with Gasteiger partial charge in [-0.1, -0.05) is 23.7 Å².